The number of aromatic nitrogens is 1. The molecule has 6 heteroatoms. The molecule has 0 spiro atoms. The van der Waals surface area contributed by atoms with Crippen molar-refractivity contribution >= 4 is 33.5 Å². The normalized spacial score (nSPS) is 26.7. The molecule has 1 aliphatic rings. The van der Waals surface area contributed by atoms with Gasteiger partial charge in [-0.1, -0.05) is 32.0 Å². The van der Waals surface area contributed by atoms with E-state index in [0.717, 1.165) is 15.8 Å². The molecule has 1 amide bonds. The van der Waals surface area contributed by atoms with E-state index < -0.39 is 17.8 Å². The number of carboxylic acid groups (broad SMARTS) is 1. The van der Waals surface area contributed by atoms with Crippen LogP contribution in [0.1, 0.15) is 19.5 Å². The molecule has 0 radical (unpaired) electrons. The summed E-state index contributed by atoms with van der Waals surface area (Å²) in [7, 11) is 0. The minimum Gasteiger partial charge on any atom is -0.481 e. The van der Waals surface area contributed by atoms with Gasteiger partial charge in [0.1, 0.15) is 0 Å². The summed E-state index contributed by atoms with van der Waals surface area (Å²) in [6, 6.07) is 8.03. The van der Waals surface area contributed by atoms with Gasteiger partial charge in [-0.25, -0.2) is 0 Å². The average molecular weight is 332 g/mol. The van der Waals surface area contributed by atoms with Crippen LogP contribution in [0.5, 0.6) is 0 Å². The zero-order chi connectivity index (χ0) is 16.6. The van der Waals surface area contributed by atoms with Gasteiger partial charge in [0.2, 0.25) is 5.91 Å². The quantitative estimate of drug-likeness (QED) is 0.882. The van der Waals surface area contributed by atoms with Crippen molar-refractivity contribution in [2.75, 3.05) is 6.54 Å². The highest BCUT2D eigenvalue weighted by molar-refractivity contribution is 7.13. The second-order valence-corrected chi connectivity index (χ2v) is 7.08. The zero-order valence-electron chi connectivity index (χ0n) is 13.2. The third-order valence-corrected chi connectivity index (χ3v) is 5.91. The van der Waals surface area contributed by atoms with E-state index in [1.54, 1.807) is 0 Å². The lowest BCUT2D eigenvalue weighted by Gasteiger charge is -2.45. The monoisotopic (exact) mass is 332 g/mol. The predicted octanol–water partition coefficient (Wildman–Crippen LogP) is 2.56. The summed E-state index contributed by atoms with van der Waals surface area (Å²) in [5.74, 6) is -1.86. The third kappa shape index (κ3) is 2.83. The Balaban J connectivity index is 1.58. The molecule has 122 valence electrons. The number of rotatable bonds is 5. The van der Waals surface area contributed by atoms with Crippen molar-refractivity contribution in [1.82, 2.24) is 9.69 Å². The van der Waals surface area contributed by atoms with Crippen molar-refractivity contribution in [3.05, 3.63) is 30.0 Å². The van der Waals surface area contributed by atoms with Crippen molar-refractivity contribution in [3.63, 3.8) is 0 Å². The van der Waals surface area contributed by atoms with Crippen LogP contribution in [0, 0.1) is 23.7 Å². The minimum atomic E-state index is -0.874. The van der Waals surface area contributed by atoms with Crippen LogP contribution in [0.4, 0.5) is 0 Å². The summed E-state index contributed by atoms with van der Waals surface area (Å²) in [6.45, 7) is 4.33. The van der Waals surface area contributed by atoms with Gasteiger partial charge in [-0.3, -0.25) is 9.59 Å². The summed E-state index contributed by atoms with van der Waals surface area (Å²) < 4.78 is 5.58. The molecule has 1 heterocycles. The van der Waals surface area contributed by atoms with Crippen LogP contribution in [0.2, 0.25) is 0 Å². The van der Waals surface area contributed by atoms with Crippen LogP contribution in [0.3, 0.4) is 0 Å². The summed E-state index contributed by atoms with van der Waals surface area (Å²) in [5, 5.41) is 13.3. The standard InChI is InChI=1S/C17H20N2O3S/c1-9-10(2)15(17(21)22)14(9)16(20)18-8-7-12-11-5-3-4-6-13(11)23-19-12/h3-6,9-10,14-15H,7-8H2,1-2H3,(H,18,20)(H,21,22)/t9?,10?,14-,15+/m0/s1. The van der Waals surface area contributed by atoms with Gasteiger partial charge in [0.05, 0.1) is 22.2 Å². The fourth-order valence-electron chi connectivity index (χ4n) is 3.48. The molecule has 2 unspecified atom stereocenters. The van der Waals surface area contributed by atoms with E-state index in [0.29, 0.717) is 13.0 Å². The molecule has 2 N–H and O–H groups in total. The zero-order valence-corrected chi connectivity index (χ0v) is 14.0. The van der Waals surface area contributed by atoms with Gasteiger partial charge >= 0.3 is 5.97 Å². The van der Waals surface area contributed by atoms with E-state index in [1.165, 1.54) is 11.5 Å². The first kappa shape index (κ1) is 15.9. The SMILES string of the molecule is CC1C(C)[C@H](C(=O)NCCc2nsc3ccccc23)[C@@H]1C(=O)O. The molecular weight excluding hydrogens is 312 g/mol. The first-order chi connectivity index (χ1) is 11.0. The molecule has 1 fully saturated rings. The van der Waals surface area contributed by atoms with E-state index in [1.807, 2.05) is 38.1 Å². The Morgan fingerprint density at radius 3 is 2.65 bits per heavy atom. The van der Waals surface area contributed by atoms with Crippen LogP contribution in [-0.2, 0) is 16.0 Å². The lowest BCUT2D eigenvalue weighted by atomic mass is 9.57. The molecule has 1 aliphatic carbocycles. The second-order valence-electron chi connectivity index (χ2n) is 6.27. The maximum atomic E-state index is 12.3. The van der Waals surface area contributed by atoms with Gasteiger partial charge in [0.25, 0.3) is 0 Å². The van der Waals surface area contributed by atoms with Crippen molar-refractivity contribution in [2.24, 2.45) is 23.7 Å². The number of aliphatic carboxylic acids is 1. The highest BCUT2D eigenvalue weighted by Crippen LogP contribution is 2.45. The van der Waals surface area contributed by atoms with Crippen molar-refractivity contribution < 1.29 is 14.7 Å². The Morgan fingerprint density at radius 1 is 1.22 bits per heavy atom. The van der Waals surface area contributed by atoms with Crippen LogP contribution < -0.4 is 5.32 Å². The predicted molar refractivity (Wildman–Crippen MR) is 89.3 cm³/mol. The molecule has 5 nitrogen and oxygen atoms in total. The van der Waals surface area contributed by atoms with E-state index in [-0.39, 0.29) is 17.7 Å². The maximum absolute atomic E-state index is 12.3. The molecule has 1 saturated carbocycles. The number of amides is 1. The largest absolute Gasteiger partial charge is 0.481 e. The molecule has 0 saturated heterocycles. The van der Waals surface area contributed by atoms with Gasteiger partial charge in [-0.15, -0.1) is 0 Å². The number of fused-ring (bicyclic) bond motifs is 1. The number of nitrogens with one attached hydrogen (secondary N) is 1. The second kappa shape index (κ2) is 6.28. The molecule has 23 heavy (non-hydrogen) atoms. The number of carbonyl (C=O) groups excluding carboxylic acids is 1. The summed E-state index contributed by atoms with van der Waals surface area (Å²) in [5.41, 5.74) is 0.982. The highest BCUT2D eigenvalue weighted by atomic mass is 32.1. The van der Waals surface area contributed by atoms with Crippen LogP contribution in [0.15, 0.2) is 24.3 Å². The Kier molecular flexibility index (Phi) is 4.35. The van der Waals surface area contributed by atoms with Gasteiger partial charge in [-0.05, 0) is 29.4 Å². The summed E-state index contributed by atoms with van der Waals surface area (Å²) >= 11 is 1.46. The molecule has 1 aromatic heterocycles. The van der Waals surface area contributed by atoms with Crippen molar-refractivity contribution in [3.8, 4) is 0 Å². The highest BCUT2D eigenvalue weighted by Gasteiger charge is 2.52. The van der Waals surface area contributed by atoms with Crippen molar-refractivity contribution in [2.45, 2.75) is 20.3 Å². The topological polar surface area (TPSA) is 79.3 Å². The minimum absolute atomic E-state index is 0.0470. The number of nitrogens with zero attached hydrogens (tertiary/aromatic N) is 1. The molecule has 1 aromatic carbocycles. The average Bonchev–Trinajstić information content (AvgIpc) is 2.94. The Hall–Kier alpha value is -1.95. The van der Waals surface area contributed by atoms with Gasteiger partial charge in [0.15, 0.2) is 0 Å². The van der Waals surface area contributed by atoms with E-state index in [4.69, 9.17) is 0 Å². The van der Waals surface area contributed by atoms with Gasteiger partial charge in [0, 0.05) is 18.4 Å². The first-order valence-corrected chi connectivity index (χ1v) is 8.62. The van der Waals surface area contributed by atoms with E-state index in [2.05, 4.69) is 9.69 Å². The maximum Gasteiger partial charge on any atom is 0.307 e. The molecule has 0 bridgehead atoms. The summed E-state index contributed by atoms with van der Waals surface area (Å²) in [6.07, 6.45) is 0.657. The lowest BCUT2D eigenvalue weighted by Crippen LogP contribution is -2.55. The Bertz CT molecular complexity index is 742. The van der Waals surface area contributed by atoms with Crippen LogP contribution >= 0.6 is 11.5 Å². The first-order valence-electron chi connectivity index (χ1n) is 7.84. The number of hydrogen-bond donors (Lipinski definition) is 2. The fourth-order valence-corrected chi connectivity index (χ4v) is 4.31. The molecule has 2 aromatic rings. The lowest BCUT2D eigenvalue weighted by molar-refractivity contribution is -0.163. The molecule has 0 aliphatic heterocycles. The fraction of sp³-hybridized carbons (Fsp3) is 0.471. The Labute approximate surface area is 138 Å². The molecular formula is C17H20N2O3S. The number of hydrogen-bond acceptors (Lipinski definition) is 4. The van der Waals surface area contributed by atoms with Gasteiger partial charge in [-0.2, -0.15) is 4.37 Å². The number of benzene rings is 1. The third-order valence-electron chi connectivity index (χ3n) is 5.05. The molecule has 3 rings (SSSR count). The van der Waals surface area contributed by atoms with E-state index >= 15 is 0 Å². The number of carbonyl (C=O) groups is 2. The van der Waals surface area contributed by atoms with Crippen molar-refractivity contribution in [1.29, 1.82) is 0 Å². The number of carboxylic acids is 1. The molecule has 4 atom stereocenters. The van der Waals surface area contributed by atoms with E-state index in [9.17, 15) is 14.7 Å². The smallest absolute Gasteiger partial charge is 0.307 e. The van der Waals surface area contributed by atoms with Gasteiger partial charge < -0.3 is 10.4 Å². The Morgan fingerprint density at radius 2 is 1.91 bits per heavy atom. The van der Waals surface area contributed by atoms with Crippen LogP contribution in [0.25, 0.3) is 10.1 Å². The van der Waals surface area contributed by atoms with Crippen LogP contribution in [-0.4, -0.2) is 27.9 Å². The summed E-state index contributed by atoms with van der Waals surface area (Å²) in [4.78, 5) is 23.6.